The van der Waals surface area contributed by atoms with Crippen molar-refractivity contribution in [1.82, 2.24) is 0 Å². The Bertz CT molecular complexity index is 446. The molecule has 0 radical (unpaired) electrons. The fraction of sp³-hybridized carbons (Fsp3) is 0.364. The van der Waals surface area contributed by atoms with Crippen LogP contribution in [0.2, 0.25) is 0 Å². The number of hydrogen-bond acceptors (Lipinski definition) is 2. The van der Waals surface area contributed by atoms with Gasteiger partial charge in [-0.15, -0.1) is 0 Å². The molecule has 0 saturated carbocycles. The van der Waals surface area contributed by atoms with Crippen molar-refractivity contribution < 1.29 is 22.7 Å². The Morgan fingerprint density at radius 2 is 2.00 bits per heavy atom. The molecule has 1 amide bonds. The molecule has 0 bridgehead atoms. The predicted octanol–water partition coefficient (Wildman–Crippen LogP) is 4.42. The molecule has 0 unspecified atom stereocenters. The van der Waals surface area contributed by atoms with Gasteiger partial charge in [0, 0.05) is 4.47 Å². The van der Waals surface area contributed by atoms with Crippen molar-refractivity contribution in [3.05, 3.63) is 28.2 Å². The molecule has 7 heteroatoms. The summed E-state index contributed by atoms with van der Waals surface area (Å²) in [6.45, 7) is 3.21. The van der Waals surface area contributed by atoms with E-state index in [1.165, 1.54) is 6.07 Å². The highest BCUT2D eigenvalue weighted by Gasteiger charge is 2.34. The summed E-state index contributed by atoms with van der Waals surface area (Å²) < 4.78 is 43.2. The van der Waals surface area contributed by atoms with Crippen LogP contribution in [0.5, 0.6) is 0 Å². The number of rotatable bonds is 2. The number of carbonyl (C=O) groups is 1. The molecule has 0 aliphatic carbocycles. The first kappa shape index (κ1) is 14.8. The lowest BCUT2D eigenvalue weighted by Gasteiger charge is -2.15. The van der Waals surface area contributed by atoms with Gasteiger partial charge in [-0.2, -0.15) is 13.2 Å². The first-order valence-electron chi connectivity index (χ1n) is 5.04. The number of alkyl halides is 3. The minimum atomic E-state index is -4.55. The molecule has 1 N–H and O–H groups in total. The smallest absolute Gasteiger partial charge is 0.418 e. The minimum Gasteiger partial charge on any atom is -0.447 e. The average Bonchev–Trinajstić information content (AvgIpc) is 2.17. The first-order chi connectivity index (χ1) is 8.20. The van der Waals surface area contributed by atoms with E-state index in [1.807, 2.05) is 0 Å². The lowest BCUT2D eigenvalue weighted by atomic mass is 10.1. The van der Waals surface area contributed by atoms with E-state index in [9.17, 15) is 18.0 Å². The van der Waals surface area contributed by atoms with E-state index in [1.54, 1.807) is 13.8 Å². The molecule has 100 valence electrons. The van der Waals surface area contributed by atoms with Gasteiger partial charge in [0.05, 0.1) is 17.4 Å². The summed E-state index contributed by atoms with van der Waals surface area (Å²) in [6.07, 6.45) is -5.88. The van der Waals surface area contributed by atoms with Gasteiger partial charge >= 0.3 is 12.3 Å². The van der Waals surface area contributed by atoms with Crippen LogP contribution in [0.3, 0.4) is 0 Å². The van der Waals surface area contributed by atoms with Gasteiger partial charge in [-0.25, -0.2) is 4.79 Å². The van der Waals surface area contributed by atoms with E-state index < -0.39 is 23.9 Å². The molecule has 0 heterocycles. The second kappa shape index (κ2) is 5.60. The summed E-state index contributed by atoms with van der Waals surface area (Å²) in [5, 5.41) is 2.07. The summed E-state index contributed by atoms with van der Waals surface area (Å²) in [4.78, 5) is 11.3. The van der Waals surface area contributed by atoms with E-state index in [0.717, 1.165) is 12.1 Å². The maximum Gasteiger partial charge on any atom is 0.418 e. The predicted molar refractivity (Wildman–Crippen MR) is 64.4 cm³/mol. The van der Waals surface area contributed by atoms with Crippen LogP contribution in [-0.2, 0) is 10.9 Å². The second-order valence-electron chi connectivity index (χ2n) is 3.77. The van der Waals surface area contributed by atoms with Crippen LogP contribution in [0.25, 0.3) is 0 Å². The molecule has 0 aromatic heterocycles. The van der Waals surface area contributed by atoms with Crippen molar-refractivity contribution in [3.8, 4) is 0 Å². The largest absolute Gasteiger partial charge is 0.447 e. The van der Waals surface area contributed by atoms with Crippen LogP contribution < -0.4 is 5.32 Å². The van der Waals surface area contributed by atoms with Gasteiger partial charge in [0.25, 0.3) is 0 Å². The van der Waals surface area contributed by atoms with Crippen LogP contribution in [0.4, 0.5) is 23.7 Å². The van der Waals surface area contributed by atoms with Crippen molar-refractivity contribution >= 4 is 27.7 Å². The third kappa shape index (κ3) is 4.21. The first-order valence-corrected chi connectivity index (χ1v) is 5.84. The number of benzene rings is 1. The zero-order valence-electron chi connectivity index (χ0n) is 9.64. The van der Waals surface area contributed by atoms with E-state index in [2.05, 4.69) is 21.2 Å². The van der Waals surface area contributed by atoms with Crippen LogP contribution in [0.1, 0.15) is 19.4 Å². The molecule has 0 saturated heterocycles. The van der Waals surface area contributed by atoms with E-state index >= 15 is 0 Å². The number of amides is 1. The zero-order valence-corrected chi connectivity index (χ0v) is 11.2. The lowest BCUT2D eigenvalue weighted by molar-refractivity contribution is -0.137. The normalized spacial score (nSPS) is 11.5. The Morgan fingerprint density at radius 3 is 2.50 bits per heavy atom. The SMILES string of the molecule is CC(C)OC(=O)Nc1ccc(Br)cc1C(F)(F)F. The van der Waals surface area contributed by atoms with E-state index in [0.29, 0.717) is 0 Å². The Kier molecular flexibility index (Phi) is 4.61. The summed E-state index contributed by atoms with van der Waals surface area (Å²) in [6, 6.07) is 3.46. The van der Waals surface area contributed by atoms with Crippen LogP contribution in [0.15, 0.2) is 22.7 Å². The van der Waals surface area contributed by atoms with Gasteiger partial charge in [-0.1, -0.05) is 15.9 Å². The molecule has 1 rings (SSSR count). The molecule has 0 atom stereocenters. The Hall–Kier alpha value is -1.24. The maximum atomic E-state index is 12.7. The van der Waals surface area contributed by atoms with E-state index in [4.69, 9.17) is 4.74 Å². The molecule has 1 aromatic rings. The van der Waals surface area contributed by atoms with Gasteiger partial charge in [0.15, 0.2) is 0 Å². The van der Waals surface area contributed by atoms with Crippen LogP contribution in [-0.4, -0.2) is 12.2 Å². The minimum absolute atomic E-state index is 0.276. The van der Waals surface area contributed by atoms with Gasteiger partial charge in [-0.3, -0.25) is 5.32 Å². The molecule has 0 aliphatic heterocycles. The molecular weight excluding hydrogens is 315 g/mol. The number of ether oxygens (including phenoxy) is 1. The second-order valence-corrected chi connectivity index (χ2v) is 4.68. The molecule has 0 spiro atoms. The van der Waals surface area contributed by atoms with Gasteiger partial charge in [0.2, 0.25) is 0 Å². The fourth-order valence-corrected chi connectivity index (χ4v) is 1.57. The Balaban J connectivity index is 2.99. The van der Waals surface area contributed by atoms with Crippen molar-refractivity contribution in [2.24, 2.45) is 0 Å². The molecule has 1 aromatic carbocycles. The monoisotopic (exact) mass is 325 g/mol. The van der Waals surface area contributed by atoms with Gasteiger partial charge in [-0.05, 0) is 32.0 Å². The number of carbonyl (C=O) groups excluding carboxylic acids is 1. The molecular formula is C11H11BrF3NO2. The van der Waals surface area contributed by atoms with Crippen molar-refractivity contribution in [2.45, 2.75) is 26.1 Å². The zero-order chi connectivity index (χ0) is 13.9. The number of anilines is 1. The van der Waals surface area contributed by atoms with Crippen molar-refractivity contribution in [1.29, 1.82) is 0 Å². The maximum absolute atomic E-state index is 12.7. The number of hydrogen-bond donors (Lipinski definition) is 1. The van der Waals surface area contributed by atoms with Gasteiger partial charge < -0.3 is 4.74 Å². The summed E-state index contributed by atoms with van der Waals surface area (Å²) in [5.41, 5.74) is -1.27. The highest BCUT2D eigenvalue weighted by molar-refractivity contribution is 9.10. The third-order valence-corrected chi connectivity index (χ3v) is 2.36. The highest BCUT2D eigenvalue weighted by atomic mass is 79.9. The highest BCUT2D eigenvalue weighted by Crippen LogP contribution is 2.36. The molecule has 0 fully saturated rings. The Labute approximate surface area is 110 Å². The molecule has 0 aliphatic rings. The average molecular weight is 326 g/mol. The summed E-state index contributed by atoms with van der Waals surface area (Å²) in [5.74, 6) is 0. The van der Waals surface area contributed by atoms with Crippen molar-refractivity contribution in [3.63, 3.8) is 0 Å². The van der Waals surface area contributed by atoms with Gasteiger partial charge in [0.1, 0.15) is 0 Å². The topological polar surface area (TPSA) is 38.3 Å². The number of nitrogens with one attached hydrogen (secondary N) is 1. The van der Waals surface area contributed by atoms with Crippen molar-refractivity contribution in [2.75, 3.05) is 5.32 Å². The number of halogens is 4. The molecule has 18 heavy (non-hydrogen) atoms. The van der Waals surface area contributed by atoms with Crippen LogP contribution >= 0.6 is 15.9 Å². The standard InChI is InChI=1S/C11H11BrF3NO2/c1-6(2)18-10(17)16-9-4-3-7(12)5-8(9)11(13,14)15/h3-6H,1-2H3,(H,16,17). The fourth-order valence-electron chi connectivity index (χ4n) is 1.21. The van der Waals surface area contributed by atoms with E-state index in [-0.39, 0.29) is 10.2 Å². The molecule has 3 nitrogen and oxygen atoms in total. The third-order valence-electron chi connectivity index (χ3n) is 1.87. The quantitative estimate of drug-likeness (QED) is 0.873. The summed E-state index contributed by atoms with van der Waals surface area (Å²) in [7, 11) is 0. The summed E-state index contributed by atoms with van der Waals surface area (Å²) >= 11 is 2.95. The van der Waals surface area contributed by atoms with Crippen LogP contribution in [0, 0.1) is 0 Å². The Morgan fingerprint density at radius 1 is 1.39 bits per heavy atom. The lowest BCUT2D eigenvalue weighted by Crippen LogP contribution is -2.20.